The van der Waals surface area contributed by atoms with Gasteiger partial charge >= 0.3 is 0 Å². The predicted octanol–water partition coefficient (Wildman–Crippen LogP) is 15.8. The van der Waals surface area contributed by atoms with E-state index in [2.05, 4.69) is 293 Å². The first-order chi connectivity index (χ1) is 32.5. The molecule has 0 N–H and O–H groups in total. The summed E-state index contributed by atoms with van der Waals surface area (Å²) in [5.74, 6) is 27.2. The predicted molar refractivity (Wildman–Crippen MR) is 315 cm³/mol. The Morgan fingerprint density at radius 2 is 0.614 bits per heavy atom. The highest BCUT2D eigenvalue weighted by Gasteiger charge is 2.34. The topological polar surface area (TPSA) is 0 Å². The molecule has 6 aromatic rings. The fourth-order valence-electron chi connectivity index (χ4n) is 8.50. The van der Waals surface area contributed by atoms with E-state index in [1.54, 1.807) is 0 Å². The molecule has 0 saturated carbocycles. The fourth-order valence-corrected chi connectivity index (χ4v) is 12.2. The molecule has 6 aromatic carbocycles. The van der Waals surface area contributed by atoms with Crippen LogP contribution in [0, 0.1) is 47.4 Å². The van der Waals surface area contributed by atoms with E-state index in [4.69, 9.17) is 0 Å². The lowest BCUT2D eigenvalue weighted by Gasteiger charge is -2.30. The van der Waals surface area contributed by atoms with Crippen LogP contribution in [0.25, 0.3) is 10.8 Å². The molecule has 0 saturated heterocycles. The highest BCUT2D eigenvalue weighted by molar-refractivity contribution is 7.51. The molecule has 0 aliphatic carbocycles. The third-order valence-electron chi connectivity index (χ3n) is 12.7. The Kier molecular flexibility index (Phi) is 15.9. The number of benzene rings is 6. The van der Waals surface area contributed by atoms with Crippen LogP contribution in [-0.2, 0) is 32.5 Å². The van der Waals surface area contributed by atoms with Crippen molar-refractivity contribution in [1.29, 1.82) is 0 Å². The molecule has 0 aromatic heterocycles. The van der Waals surface area contributed by atoms with Gasteiger partial charge in [-0.25, -0.2) is 0 Å². The molecule has 0 bridgehead atoms. The Hall–Kier alpha value is -5.84. The summed E-state index contributed by atoms with van der Waals surface area (Å²) in [7, 11) is 0.757. The lowest BCUT2D eigenvalue weighted by molar-refractivity contribution is 0.553. The molecule has 2 heteroatoms. The van der Waals surface area contributed by atoms with Crippen molar-refractivity contribution in [2.24, 2.45) is 0 Å². The van der Waals surface area contributed by atoms with Crippen molar-refractivity contribution < 1.29 is 0 Å². The number of hydrogen-bond donors (Lipinski definition) is 0. The van der Waals surface area contributed by atoms with Gasteiger partial charge in [-0.15, -0.1) is 0 Å². The first kappa shape index (κ1) is 53.5. The molecule has 0 nitrogen and oxygen atoms in total. The maximum absolute atomic E-state index is 3.58. The highest BCUT2D eigenvalue weighted by atomic mass is 31.1. The first-order valence-corrected chi connectivity index (χ1v) is 26.9. The van der Waals surface area contributed by atoms with Crippen molar-refractivity contribution in [3.63, 3.8) is 0 Å². The fraction of sp³-hybridized carbons (Fsp3) is 0.353. The van der Waals surface area contributed by atoms with Crippen LogP contribution >= 0.6 is 16.4 Å². The van der Waals surface area contributed by atoms with Crippen LogP contribution in [0.1, 0.15) is 180 Å². The van der Waals surface area contributed by atoms with E-state index < -0.39 is 0 Å². The Morgan fingerprint density at radius 1 is 0.329 bits per heavy atom. The van der Waals surface area contributed by atoms with Gasteiger partial charge in [0.1, 0.15) is 16.4 Å². The van der Waals surface area contributed by atoms with Crippen molar-refractivity contribution in [3.8, 4) is 47.4 Å². The molecular formula is C68H76P2+2. The average molecular weight is 955 g/mol. The maximum atomic E-state index is 3.58. The Bertz CT molecular complexity index is 2940. The lowest BCUT2D eigenvalue weighted by Crippen LogP contribution is -2.30. The Labute approximate surface area is 427 Å². The van der Waals surface area contributed by atoms with Crippen LogP contribution in [-0.4, -0.2) is 10.6 Å². The second-order valence-electron chi connectivity index (χ2n) is 24.8. The van der Waals surface area contributed by atoms with E-state index in [1.807, 2.05) is 0 Å². The number of hydrogen-bond acceptors (Lipinski definition) is 0. The van der Waals surface area contributed by atoms with Crippen molar-refractivity contribution in [2.45, 2.75) is 157 Å². The van der Waals surface area contributed by atoms with Crippen LogP contribution in [0.15, 0.2) is 121 Å². The molecule has 0 fully saturated rings. The normalized spacial score (nSPS) is 12.7. The van der Waals surface area contributed by atoms with Gasteiger partial charge in [0.05, 0.1) is 0 Å². The zero-order valence-electron chi connectivity index (χ0n) is 45.5. The smallest absolute Gasteiger partial charge is 0.0622 e. The SMILES string of the molecule is CC(C)(C)c1cc(C(C)(C)C)c([PH+]=C(C#CC#Cc2ccc(C#CC#CC(=[PH+]c3c(C(C)(C)C)cc(C(C)(C)C)cc3C(C)(C)C)c3ccccc3)c3ccccc23)c2ccccc2)c(C(C)(C)C)c1. The van der Waals surface area contributed by atoms with Gasteiger partial charge < -0.3 is 0 Å². The van der Waals surface area contributed by atoms with Gasteiger partial charge in [0, 0.05) is 44.5 Å². The minimum atomic E-state index is -0.0427. The number of rotatable bonds is 4. The van der Waals surface area contributed by atoms with Gasteiger partial charge in [-0.1, -0.05) is 221 Å². The van der Waals surface area contributed by atoms with E-state index in [0.29, 0.717) is 16.4 Å². The van der Waals surface area contributed by atoms with E-state index in [9.17, 15) is 0 Å². The van der Waals surface area contributed by atoms with E-state index in [-0.39, 0.29) is 32.5 Å². The van der Waals surface area contributed by atoms with Crippen molar-refractivity contribution in [3.05, 3.63) is 177 Å². The standard InChI is InChI=1S/C68H74P2/c1-63(2,3)51-43-55(65(7,8)9)61(56(44-51)66(10,11)12)69-59(49-33-21-19-22-34-49)39-29-25-31-47-41-42-48(54-38-28-27-37-53(47)54)32-26-30-40-60(50-35-23-20-24-36-50)70-62-57(67(13,14)15)45-52(64(4,5)6)46-58(62)68(16,17)18/h19-24,27-28,33-38,41-46H,1-18H3/p+2. The average Bonchev–Trinajstić information content (AvgIpc) is 3.27. The quantitative estimate of drug-likeness (QED) is 0.122. The largest absolute Gasteiger partial charge is 0.204 e. The van der Waals surface area contributed by atoms with Gasteiger partial charge in [0.2, 0.25) is 10.6 Å². The molecule has 0 aliphatic heterocycles. The molecule has 356 valence electrons. The molecule has 0 aliphatic rings. The highest BCUT2D eigenvalue weighted by Crippen LogP contribution is 2.38. The minimum absolute atomic E-state index is 0.0334. The lowest BCUT2D eigenvalue weighted by atomic mass is 9.75. The Morgan fingerprint density at radius 3 is 0.886 bits per heavy atom. The summed E-state index contributed by atoms with van der Waals surface area (Å²) in [5.41, 5.74) is 12.4. The molecule has 0 heterocycles. The molecule has 2 unspecified atom stereocenters. The van der Waals surface area contributed by atoms with E-state index in [0.717, 1.165) is 43.6 Å². The van der Waals surface area contributed by atoms with Gasteiger partial charge in [0.25, 0.3) is 0 Å². The second-order valence-corrected chi connectivity index (χ2v) is 27.3. The third-order valence-corrected chi connectivity index (χ3v) is 15.6. The summed E-state index contributed by atoms with van der Waals surface area (Å²) < 4.78 is 0. The minimum Gasteiger partial charge on any atom is -0.0622 e. The summed E-state index contributed by atoms with van der Waals surface area (Å²) in [4.78, 5) is 0. The monoisotopic (exact) mass is 955 g/mol. The van der Waals surface area contributed by atoms with E-state index in [1.165, 1.54) is 44.0 Å². The molecule has 2 atom stereocenters. The molecule has 0 spiro atoms. The van der Waals surface area contributed by atoms with Crippen LogP contribution < -0.4 is 10.6 Å². The van der Waals surface area contributed by atoms with Gasteiger partial charge in [0.15, 0.2) is 10.6 Å². The summed E-state index contributed by atoms with van der Waals surface area (Å²) in [5, 5.41) is 7.09. The molecule has 70 heavy (non-hydrogen) atoms. The summed E-state index contributed by atoms with van der Waals surface area (Å²) in [6.45, 7) is 41.9. The van der Waals surface area contributed by atoms with Gasteiger partial charge in [-0.3, -0.25) is 0 Å². The molecule has 0 amide bonds. The van der Waals surface area contributed by atoms with E-state index >= 15 is 0 Å². The Balaban J connectivity index is 1.43. The molecular weight excluding hydrogens is 879 g/mol. The van der Waals surface area contributed by atoms with Crippen molar-refractivity contribution in [1.82, 2.24) is 0 Å². The first-order valence-electron chi connectivity index (χ1n) is 24.9. The third kappa shape index (κ3) is 13.3. The van der Waals surface area contributed by atoms with Crippen molar-refractivity contribution >= 4 is 48.4 Å². The zero-order chi connectivity index (χ0) is 51.5. The molecule has 0 radical (unpaired) electrons. The molecule has 6 rings (SSSR count). The van der Waals surface area contributed by atoms with Crippen LogP contribution in [0.4, 0.5) is 0 Å². The summed E-state index contributed by atoms with van der Waals surface area (Å²) in [6, 6.07) is 43.6. The number of fused-ring (bicyclic) bond motifs is 1. The maximum Gasteiger partial charge on any atom is 0.204 e. The van der Waals surface area contributed by atoms with Crippen molar-refractivity contribution in [2.75, 3.05) is 0 Å². The second kappa shape index (κ2) is 20.9. The zero-order valence-corrected chi connectivity index (χ0v) is 47.5. The van der Waals surface area contributed by atoms with Gasteiger partial charge in [-0.05, 0) is 126 Å². The summed E-state index contributed by atoms with van der Waals surface area (Å²) >= 11 is 0. The van der Waals surface area contributed by atoms with Crippen LogP contribution in [0.3, 0.4) is 0 Å². The summed E-state index contributed by atoms with van der Waals surface area (Å²) in [6.07, 6.45) is 0. The van der Waals surface area contributed by atoms with Crippen LogP contribution in [0.5, 0.6) is 0 Å². The van der Waals surface area contributed by atoms with Gasteiger partial charge in [-0.2, -0.15) is 0 Å². The van der Waals surface area contributed by atoms with Crippen LogP contribution in [0.2, 0.25) is 0 Å².